The van der Waals surface area contributed by atoms with Crippen LogP contribution in [0.2, 0.25) is 0 Å². The monoisotopic (exact) mass is 154 g/mol. The highest BCUT2D eigenvalue weighted by Crippen LogP contribution is 2.00. The van der Waals surface area contributed by atoms with Gasteiger partial charge in [-0.3, -0.25) is 0 Å². The predicted molar refractivity (Wildman–Crippen MR) is 50.6 cm³/mol. The second-order valence-corrected chi connectivity index (χ2v) is 2.51. The molecule has 0 fully saturated rings. The first-order valence-corrected chi connectivity index (χ1v) is 4.25. The molecule has 0 amide bonds. The molecule has 11 heavy (non-hydrogen) atoms. The van der Waals surface area contributed by atoms with Crippen LogP contribution in [0.25, 0.3) is 0 Å². The van der Waals surface area contributed by atoms with Crippen molar-refractivity contribution in [2.24, 2.45) is 10.7 Å². The molecule has 0 aliphatic carbocycles. The molecule has 0 bridgehead atoms. The Labute approximate surface area is 69.2 Å². The Morgan fingerprint density at radius 1 is 1.45 bits per heavy atom. The number of nitrogens with zero attached hydrogens (tertiary/aromatic N) is 1. The molecule has 0 unspecified atom stereocenters. The molecule has 0 atom stereocenters. The van der Waals surface area contributed by atoms with E-state index in [2.05, 4.69) is 11.9 Å². The largest absolute Gasteiger partial charge is 0.384 e. The van der Waals surface area contributed by atoms with Gasteiger partial charge in [-0.05, 0) is 25.8 Å². The number of hydrogen-bond donors (Lipinski definition) is 1. The summed E-state index contributed by atoms with van der Waals surface area (Å²) in [5.41, 5.74) is 5.53. The van der Waals surface area contributed by atoms with Gasteiger partial charge in [-0.1, -0.05) is 19.8 Å². The molecular formula is C9H18N2. The zero-order valence-corrected chi connectivity index (χ0v) is 7.51. The highest BCUT2D eigenvalue weighted by atomic mass is 14.9. The zero-order valence-electron chi connectivity index (χ0n) is 7.51. The van der Waals surface area contributed by atoms with Gasteiger partial charge in [-0.15, -0.1) is 0 Å². The second-order valence-electron chi connectivity index (χ2n) is 2.51. The van der Waals surface area contributed by atoms with Gasteiger partial charge in [-0.2, -0.15) is 0 Å². The minimum Gasteiger partial charge on any atom is -0.384 e. The van der Waals surface area contributed by atoms with Crippen molar-refractivity contribution in [2.45, 2.75) is 39.5 Å². The van der Waals surface area contributed by atoms with E-state index in [0.717, 1.165) is 6.42 Å². The number of aliphatic imine (C=N–C) groups is 1. The molecule has 0 spiro atoms. The third-order valence-electron chi connectivity index (χ3n) is 1.44. The standard InChI is InChI=1S/C9H18N2/c1-3-5-6-7-8-9(10)11-4-2/h4,8H,3,5-7,10H2,1-2H3/b9-8-,11-4?. The minimum atomic E-state index is 0.642. The third kappa shape index (κ3) is 7.10. The molecule has 0 radical (unpaired) electrons. The van der Waals surface area contributed by atoms with Crippen LogP contribution in [0.3, 0.4) is 0 Å². The van der Waals surface area contributed by atoms with E-state index >= 15 is 0 Å². The molecule has 64 valence electrons. The molecule has 0 saturated heterocycles. The maximum atomic E-state index is 5.53. The fourth-order valence-corrected chi connectivity index (χ4v) is 0.846. The van der Waals surface area contributed by atoms with Crippen LogP contribution >= 0.6 is 0 Å². The summed E-state index contributed by atoms with van der Waals surface area (Å²) < 4.78 is 0. The van der Waals surface area contributed by atoms with Gasteiger partial charge in [0.2, 0.25) is 0 Å². The van der Waals surface area contributed by atoms with Gasteiger partial charge in [0.15, 0.2) is 0 Å². The smallest absolute Gasteiger partial charge is 0.118 e. The number of hydrogen-bond acceptors (Lipinski definition) is 2. The first kappa shape index (κ1) is 10.2. The molecule has 0 aromatic rings. The van der Waals surface area contributed by atoms with Gasteiger partial charge in [0.25, 0.3) is 0 Å². The Kier molecular flexibility index (Phi) is 6.79. The van der Waals surface area contributed by atoms with Crippen molar-refractivity contribution >= 4 is 6.21 Å². The Morgan fingerprint density at radius 3 is 2.73 bits per heavy atom. The Balaban J connectivity index is 3.40. The van der Waals surface area contributed by atoms with E-state index in [9.17, 15) is 0 Å². The summed E-state index contributed by atoms with van der Waals surface area (Å²) in [7, 11) is 0. The van der Waals surface area contributed by atoms with Gasteiger partial charge in [0, 0.05) is 6.21 Å². The lowest BCUT2D eigenvalue weighted by atomic mass is 10.2. The van der Waals surface area contributed by atoms with Gasteiger partial charge >= 0.3 is 0 Å². The van der Waals surface area contributed by atoms with Crippen molar-refractivity contribution < 1.29 is 0 Å². The van der Waals surface area contributed by atoms with Gasteiger partial charge in [-0.25, -0.2) is 4.99 Å². The van der Waals surface area contributed by atoms with E-state index in [1.54, 1.807) is 6.21 Å². The van der Waals surface area contributed by atoms with Crippen LogP contribution in [0.15, 0.2) is 16.9 Å². The Bertz CT molecular complexity index is 136. The van der Waals surface area contributed by atoms with E-state index in [1.807, 2.05) is 13.0 Å². The second kappa shape index (κ2) is 7.32. The van der Waals surface area contributed by atoms with E-state index in [0.29, 0.717) is 5.82 Å². The Hall–Kier alpha value is -0.790. The number of nitrogens with two attached hydrogens (primary N) is 1. The molecule has 2 N–H and O–H groups in total. The summed E-state index contributed by atoms with van der Waals surface area (Å²) in [6.45, 7) is 4.06. The summed E-state index contributed by atoms with van der Waals surface area (Å²) in [5, 5.41) is 0. The van der Waals surface area contributed by atoms with Crippen LogP contribution in [-0.4, -0.2) is 6.21 Å². The molecule has 0 aliphatic rings. The summed E-state index contributed by atoms with van der Waals surface area (Å²) in [4.78, 5) is 3.94. The SMILES string of the molecule is CC=N/C(N)=C\CCCCC. The van der Waals surface area contributed by atoms with Gasteiger partial charge in [0.1, 0.15) is 5.82 Å². The van der Waals surface area contributed by atoms with Gasteiger partial charge in [0.05, 0.1) is 0 Å². The van der Waals surface area contributed by atoms with E-state index in [1.165, 1.54) is 19.3 Å². The van der Waals surface area contributed by atoms with Crippen LogP contribution in [0, 0.1) is 0 Å². The lowest BCUT2D eigenvalue weighted by molar-refractivity contribution is 0.726. The quantitative estimate of drug-likeness (QED) is 0.479. The lowest BCUT2D eigenvalue weighted by Crippen LogP contribution is -1.92. The van der Waals surface area contributed by atoms with Crippen molar-refractivity contribution in [1.82, 2.24) is 0 Å². The minimum absolute atomic E-state index is 0.642. The van der Waals surface area contributed by atoms with Crippen LogP contribution in [-0.2, 0) is 0 Å². The maximum Gasteiger partial charge on any atom is 0.118 e. The van der Waals surface area contributed by atoms with Crippen molar-refractivity contribution in [1.29, 1.82) is 0 Å². The average Bonchev–Trinajstić information content (AvgIpc) is 1.99. The molecular weight excluding hydrogens is 136 g/mol. The Morgan fingerprint density at radius 2 is 2.18 bits per heavy atom. The molecule has 0 aliphatic heterocycles. The predicted octanol–water partition coefficient (Wildman–Crippen LogP) is 2.46. The summed E-state index contributed by atoms with van der Waals surface area (Å²) in [6, 6.07) is 0. The molecule has 0 heterocycles. The van der Waals surface area contributed by atoms with Gasteiger partial charge < -0.3 is 5.73 Å². The van der Waals surface area contributed by atoms with E-state index in [4.69, 9.17) is 5.73 Å². The topological polar surface area (TPSA) is 38.4 Å². The van der Waals surface area contributed by atoms with E-state index < -0.39 is 0 Å². The molecule has 2 nitrogen and oxygen atoms in total. The first-order chi connectivity index (χ1) is 5.31. The molecule has 2 heteroatoms. The average molecular weight is 154 g/mol. The summed E-state index contributed by atoms with van der Waals surface area (Å²) in [5.74, 6) is 0.642. The number of rotatable bonds is 5. The maximum absolute atomic E-state index is 5.53. The fourth-order valence-electron chi connectivity index (χ4n) is 0.846. The molecule has 0 aromatic carbocycles. The third-order valence-corrected chi connectivity index (χ3v) is 1.44. The number of allylic oxidation sites excluding steroid dienone is 1. The highest BCUT2D eigenvalue weighted by Gasteiger charge is 1.84. The lowest BCUT2D eigenvalue weighted by Gasteiger charge is -1.93. The van der Waals surface area contributed by atoms with Crippen molar-refractivity contribution in [3.05, 3.63) is 11.9 Å². The summed E-state index contributed by atoms with van der Waals surface area (Å²) >= 11 is 0. The molecule has 0 saturated carbocycles. The van der Waals surface area contributed by atoms with Crippen molar-refractivity contribution in [2.75, 3.05) is 0 Å². The summed E-state index contributed by atoms with van der Waals surface area (Å²) in [6.07, 6.45) is 8.50. The number of unbranched alkanes of at least 4 members (excludes halogenated alkanes) is 3. The highest BCUT2D eigenvalue weighted by molar-refractivity contribution is 5.54. The zero-order chi connectivity index (χ0) is 8.53. The van der Waals surface area contributed by atoms with Crippen LogP contribution in [0.5, 0.6) is 0 Å². The van der Waals surface area contributed by atoms with Crippen LogP contribution < -0.4 is 5.73 Å². The van der Waals surface area contributed by atoms with Crippen LogP contribution in [0.1, 0.15) is 39.5 Å². The van der Waals surface area contributed by atoms with Crippen molar-refractivity contribution in [3.63, 3.8) is 0 Å². The van der Waals surface area contributed by atoms with Crippen LogP contribution in [0.4, 0.5) is 0 Å². The van der Waals surface area contributed by atoms with E-state index in [-0.39, 0.29) is 0 Å². The normalized spacial score (nSPS) is 12.7. The molecule has 0 rings (SSSR count). The van der Waals surface area contributed by atoms with Crippen molar-refractivity contribution in [3.8, 4) is 0 Å². The molecule has 0 aromatic heterocycles. The fraction of sp³-hybridized carbons (Fsp3) is 0.667. The first-order valence-electron chi connectivity index (χ1n) is 4.25.